The minimum absolute atomic E-state index is 0.554. The molecule has 1 heterocycles. The van der Waals surface area contributed by atoms with Gasteiger partial charge in [-0.1, -0.05) is 39.0 Å². The van der Waals surface area contributed by atoms with Crippen LogP contribution in [0.4, 0.5) is 11.6 Å². The maximum atomic E-state index is 5.82. The van der Waals surface area contributed by atoms with Crippen LogP contribution < -0.4 is 11.1 Å². The Morgan fingerprint density at radius 3 is 2.63 bits per heavy atom. The van der Waals surface area contributed by atoms with E-state index < -0.39 is 0 Å². The van der Waals surface area contributed by atoms with Crippen LogP contribution >= 0.6 is 0 Å². The van der Waals surface area contributed by atoms with Gasteiger partial charge in [-0.3, -0.25) is 0 Å². The lowest BCUT2D eigenvalue weighted by Crippen LogP contribution is -2.07. The quantitative estimate of drug-likeness (QED) is 0.666. The molecule has 0 amide bonds. The van der Waals surface area contributed by atoms with Gasteiger partial charge >= 0.3 is 0 Å². The van der Waals surface area contributed by atoms with E-state index in [-0.39, 0.29) is 0 Å². The molecule has 0 saturated heterocycles. The number of aromatic nitrogens is 2. The molecular formula is C15H26N4. The first-order valence-corrected chi connectivity index (χ1v) is 7.68. The zero-order valence-electron chi connectivity index (χ0n) is 12.0. The summed E-state index contributed by atoms with van der Waals surface area (Å²) < 4.78 is 0. The van der Waals surface area contributed by atoms with E-state index >= 15 is 0 Å². The molecule has 3 N–H and O–H groups in total. The highest BCUT2D eigenvalue weighted by molar-refractivity contribution is 5.45. The molecule has 4 heteroatoms. The van der Waals surface area contributed by atoms with Gasteiger partial charge in [0.1, 0.15) is 17.5 Å². The number of nitrogen functional groups attached to an aromatic ring is 1. The molecule has 1 aromatic heterocycles. The minimum Gasteiger partial charge on any atom is -0.384 e. The Balaban J connectivity index is 1.67. The lowest BCUT2D eigenvalue weighted by Gasteiger charge is -2.08. The summed E-state index contributed by atoms with van der Waals surface area (Å²) in [5.41, 5.74) is 5.82. The van der Waals surface area contributed by atoms with Crippen molar-refractivity contribution in [2.45, 2.75) is 64.2 Å². The first kappa shape index (κ1) is 14.1. The number of nitrogens with one attached hydrogen (secondary N) is 1. The number of unbranched alkanes of at least 4 members (excludes halogenated alkanes) is 5. The van der Waals surface area contributed by atoms with Crippen LogP contribution in [0.15, 0.2) is 6.07 Å². The second-order valence-electron chi connectivity index (χ2n) is 5.51. The van der Waals surface area contributed by atoms with Crippen molar-refractivity contribution in [1.82, 2.24) is 9.97 Å². The monoisotopic (exact) mass is 262 g/mol. The molecule has 4 nitrogen and oxygen atoms in total. The molecule has 1 saturated carbocycles. The third-order valence-corrected chi connectivity index (χ3v) is 3.54. The van der Waals surface area contributed by atoms with Crippen molar-refractivity contribution >= 4 is 11.6 Å². The Morgan fingerprint density at radius 2 is 1.89 bits per heavy atom. The van der Waals surface area contributed by atoms with Gasteiger partial charge in [-0.05, 0) is 19.3 Å². The number of hydrogen-bond donors (Lipinski definition) is 2. The van der Waals surface area contributed by atoms with Gasteiger partial charge < -0.3 is 11.1 Å². The van der Waals surface area contributed by atoms with E-state index in [1.807, 2.05) is 6.07 Å². The second-order valence-corrected chi connectivity index (χ2v) is 5.51. The Labute approximate surface area is 116 Å². The Morgan fingerprint density at radius 1 is 1.16 bits per heavy atom. The average Bonchev–Trinajstić information content (AvgIpc) is 3.21. The summed E-state index contributed by atoms with van der Waals surface area (Å²) in [6.45, 7) is 3.23. The maximum absolute atomic E-state index is 5.82. The summed E-state index contributed by atoms with van der Waals surface area (Å²) in [4.78, 5) is 8.84. The van der Waals surface area contributed by atoms with Crippen LogP contribution in [-0.4, -0.2) is 16.5 Å². The zero-order valence-corrected chi connectivity index (χ0v) is 12.0. The molecule has 0 bridgehead atoms. The van der Waals surface area contributed by atoms with Crippen LogP contribution in [0.25, 0.3) is 0 Å². The summed E-state index contributed by atoms with van der Waals surface area (Å²) in [6.07, 6.45) is 10.3. The van der Waals surface area contributed by atoms with E-state index in [1.165, 1.54) is 51.4 Å². The minimum atomic E-state index is 0.554. The molecule has 0 unspecified atom stereocenters. The smallest absolute Gasteiger partial charge is 0.136 e. The fourth-order valence-corrected chi connectivity index (χ4v) is 2.22. The third kappa shape index (κ3) is 5.05. The molecule has 0 atom stereocenters. The molecule has 1 aromatic rings. The van der Waals surface area contributed by atoms with Crippen LogP contribution in [-0.2, 0) is 0 Å². The fourth-order valence-electron chi connectivity index (χ4n) is 2.22. The normalized spacial score (nSPS) is 14.6. The largest absolute Gasteiger partial charge is 0.384 e. The van der Waals surface area contributed by atoms with Gasteiger partial charge in [0.15, 0.2) is 0 Å². The van der Waals surface area contributed by atoms with Gasteiger partial charge in [-0.15, -0.1) is 0 Å². The van der Waals surface area contributed by atoms with Crippen molar-refractivity contribution < 1.29 is 0 Å². The molecule has 1 fully saturated rings. The molecule has 0 aromatic carbocycles. The molecule has 0 radical (unpaired) electrons. The molecule has 1 aliphatic carbocycles. The topological polar surface area (TPSA) is 63.8 Å². The molecule has 1 aliphatic rings. The van der Waals surface area contributed by atoms with Gasteiger partial charge in [-0.25, -0.2) is 9.97 Å². The van der Waals surface area contributed by atoms with Crippen molar-refractivity contribution in [3.05, 3.63) is 11.9 Å². The fraction of sp³-hybridized carbons (Fsp3) is 0.733. The predicted molar refractivity (Wildman–Crippen MR) is 80.3 cm³/mol. The van der Waals surface area contributed by atoms with Crippen molar-refractivity contribution in [1.29, 1.82) is 0 Å². The highest BCUT2D eigenvalue weighted by Gasteiger charge is 2.27. The first-order valence-electron chi connectivity index (χ1n) is 7.68. The van der Waals surface area contributed by atoms with E-state index in [4.69, 9.17) is 5.73 Å². The summed E-state index contributed by atoms with van der Waals surface area (Å²) in [5, 5.41) is 3.37. The van der Waals surface area contributed by atoms with Crippen LogP contribution in [0.5, 0.6) is 0 Å². The summed E-state index contributed by atoms with van der Waals surface area (Å²) in [5.74, 6) is 2.95. The standard InChI is InChI=1S/C15H26N4/c1-2-3-4-5-6-7-10-17-14-11-13(16)18-15(19-14)12-8-9-12/h11-12H,2-10H2,1H3,(H3,16,17,18,19). The average molecular weight is 262 g/mol. The summed E-state index contributed by atoms with van der Waals surface area (Å²) >= 11 is 0. The molecule has 0 aliphatic heterocycles. The summed E-state index contributed by atoms with van der Waals surface area (Å²) in [6, 6.07) is 1.84. The van der Waals surface area contributed by atoms with Crippen LogP contribution in [0, 0.1) is 0 Å². The van der Waals surface area contributed by atoms with Crippen LogP contribution in [0.3, 0.4) is 0 Å². The van der Waals surface area contributed by atoms with Crippen LogP contribution in [0.2, 0.25) is 0 Å². The van der Waals surface area contributed by atoms with E-state index in [0.29, 0.717) is 11.7 Å². The number of anilines is 2. The van der Waals surface area contributed by atoms with Gasteiger partial charge in [0, 0.05) is 18.5 Å². The van der Waals surface area contributed by atoms with E-state index in [2.05, 4.69) is 22.2 Å². The molecule has 2 rings (SSSR count). The second kappa shape index (κ2) is 7.31. The van der Waals surface area contributed by atoms with E-state index in [1.54, 1.807) is 0 Å². The SMILES string of the molecule is CCCCCCCCNc1cc(N)nc(C2CC2)n1. The maximum Gasteiger partial charge on any atom is 0.136 e. The van der Waals surface area contributed by atoms with Gasteiger partial charge in [0.25, 0.3) is 0 Å². The van der Waals surface area contributed by atoms with Crippen LogP contribution in [0.1, 0.15) is 70.0 Å². The Bertz CT molecular complexity index is 388. The lowest BCUT2D eigenvalue weighted by atomic mass is 10.1. The molecule has 0 spiro atoms. The Hall–Kier alpha value is -1.32. The van der Waals surface area contributed by atoms with E-state index in [0.717, 1.165) is 18.2 Å². The van der Waals surface area contributed by atoms with Gasteiger partial charge in [-0.2, -0.15) is 0 Å². The third-order valence-electron chi connectivity index (χ3n) is 3.54. The molecule has 19 heavy (non-hydrogen) atoms. The van der Waals surface area contributed by atoms with E-state index in [9.17, 15) is 0 Å². The van der Waals surface area contributed by atoms with Crippen molar-refractivity contribution in [3.8, 4) is 0 Å². The first-order chi connectivity index (χ1) is 9.29. The van der Waals surface area contributed by atoms with Crippen molar-refractivity contribution in [2.75, 3.05) is 17.6 Å². The number of nitrogens with zero attached hydrogens (tertiary/aromatic N) is 2. The lowest BCUT2D eigenvalue weighted by molar-refractivity contribution is 0.616. The van der Waals surface area contributed by atoms with Crippen molar-refractivity contribution in [2.24, 2.45) is 0 Å². The van der Waals surface area contributed by atoms with Gasteiger partial charge in [0.05, 0.1) is 0 Å². The number of hydrogen-bond acceptors (Lipinski definition) is 4. The van der Waals surface area contributed by atoms with Gasteiger partial charge in [0.2, 0.25) is 0 Å². The Kier molecular flexibility index (Phi) is 5.43. The molecular weight excluding hydrogens is 236 g/mol. The number of nitrogens with two attached hydrogens (primary N) is 1. The summed E-state index contributed by atoms with van der Waals surface area (Å²) in [7, 11) is 0. The van der Waals surface area contributed by atoms with Crippen molar-refractivity contribution in [3.63, 3.8) is 0 Å². The predicted octanol–water partition coefficient (Wildman–Crippen LogP) is 3.71. The number of rotatable bonds is 9. The highest BCUT2D eigenvalue weighted by atomic mass is 15.1. The molecule has 106 valence electrons. The highest BCUT2D eigenvalue weighted by Crippen LogP contribution is 2.38. The zero-order chi connectivity index (χ0) is 13.5.